The van der Waals surface area contributed by atoms with Crippen LogP contribution in [0.3, 0.4) is 0 Å². The van der Waals surface area contributed by atoms with Gasteiger partial charge in [0, 0.05) is 12.3 Å². The highest BCUT2D eigenvalue weighted by molar-refractivity contribution is 5.85. The van der Waals surface area contributed by atoms with Crippen LogP contribution in [0.5, 0.6) is 0 Å². The van der Waals surface area contributed by atoms with Gasteiger partial charge >= 0.3 is 0 Å². The second-order valence-electron chi connectivity index (χ2n) is 5.46. The van der Waals surface area contributed by atoms with Gasteiger partial charge in [0.15, 0.2) is 0 Å². The third-order valence-electron chi connectivity index (χ3n) is 4.31. The lowest BCUT2D eigenvalue weighted by Gasteiger charge is -2.25. The van der Waals surface area contributed by atoms with Gasteiger partial charge in [0.25, 0.3) is 0 Å². The van der Waals surface area contributed by atoms with Gasteiger partial charge in [0.1, 0.15) is 11.6 Å². The van der Waals surface area contributed by atoms with Crippen LogP contribution in [0.25, 0.3) is 5.69 Å². The predicted molar refractivity (Wildman–Crippen MR) is 80.9 cm³/mol. The lowest BCUT2D eigenvalue weighted by Crippen LogP contribution is -2.28. The standard InChI is InChI=1S/C15H18N4.ClH/c1-2-4-13-11(3-1)5-6-14-17-18-15(19(13)14)12-7-9-16-10-8-12;/h1-4,12,16H,5-10H2;1H. The molecule has 1 aromatic carbocycles. The van der Waals surface area contributed by atoms with Crippen LogP contribution in [0.1, 0.15) is 36.0 Å². The molecule has 5 heteroatoms. The smallest absolute Gasteiger partial charge is 0.140 e. The van der Waals surface area contributed by atoms with Crippen molar-refractivity contribution in [1.29, 1.82) is 0 Å². The number of hydrogen-bond donors (Lipinski definition) is 1. The molecule has 0 aliphatic carbocycles. The van der Waals surface area contributed by atoms with Crippen LogP contribution < -0.4 is 5.32 Å². The molecule has 2 aliphatic rings. The van der Waals surface area contributed by atoms with E-state index < -0.39 is 0 Å². The summed E-state index contributed by atoms with van der Waals surface area (Å²) >= 11 is 0. The first-order chi connectivity index (χ1) is 9.43. The fourth-order valence-corrected chi connectivity index (χ4v) is 3.29. The topological polar surface area (TPSA) is 42.7 Å². The van der Waals surface area contributed by atoms with E-state index >= 15 is 0 Å². The lowest BCUT2D eigenvalue weighted by molar-refractivity contribution is 0.439. The Kier molecular flexibility index (Phi) is 3.76. The Bertz CT molecular complexity index is 602. The minimum absolute atomic E-state index is 0. The van der Waals surface area contributed by atoms with Crippen LogP contribution in [0, 0.1) is 0 Å². The maximum absolute atomic E-state index is 4.51. The minimum Gasteiger partial charge on any atom is -0.317 e. The van der Waals surface area contributed by atoms with Crippen LogP contribution >= 0.6 is 12.4 Å². The van der Waals surface area contributed by atoms with Crippen molar-refractivity contribution in [2.24, 2.45) is 0 Å². The van der Waals surface area contributed by atoms with Crippen LogP contribution in [-0.4, -0.2) is 27.9 Å². The van der Waals surface area contributed by atoms with E-state index in [1.54, 1.807) is 0 Å². The number of aryl methyl sites for hydroxylation is 2. The largest absolute Gasteiger partial charge is 0.317 e. The van der Waals surface area contributed by atoms with Crippen molar-refractivity contribution in [3.05, 3.63) is 41.5 Å². The van der Waals surface area contributed by atoms with Gasteiger partial charge in [-0.15, -0.1) is 22.6 Å². The molecule has 106 valence electrons. The fourth-order valence-electron chi connectivity index (χ4n) is 3.29. The van der Waals surface area contributed by atoms with Gasteiger partial charge < -0.3 is 5.32 Å². The second-order valence-corrected chi connectivity index (χ2v) is 5.46. The highest BCUT2D eigenvalue weighted by Crippen LogP contribution is 2.31. The molecule has 0 spiro atoms. The van der Waals surface area contributed by atoms with Gasteiger partial charge in [-0.3, -0.25) is 4.57 Å². The summed E-state index contributed by atoms with van der Waals surface area (Å²) in [6.07, 6.45) is 4.43. The van der Waals surface area contributed by atoms with Crippen molar-refractivity contribution >= 4 is 12.4 Å². The quantitative estimate of drug-likeness (QED) is 0.876. The number of benzene rings is 1. The fraction of sp³-hybridized carbons (Fsp3) is 0.467. The SMILES string of the molecule is Cl.c1ccc2c(c1)CCc1nnc(C3CCNCC3)n1-2. The Morgan fingerprint density at radius 1 is 1.05 bits per heavy atom. The molecule has 4 nitrogen and oxygen atoms in total. The third-order valence-corrected chi connectivity index (χ3v) is 4.31. The summed E-state index contributed by atoms with van der Waals surface area (Å²) in [6.45, 7) is 2.18. The van der Waals surface area contributed by atoms with E-state index in [1.807, 2.05) is 0 Å². The van der Waals surface area contributed by atoms with Gasteiger partial charge in [0.05, 0.1) is 5.69 Å². The molecule has 0 bridgehead atoms. The van der Waals surface area contributed by atoms with E-state index in [0.29, 0.717) is 5.92 Å². The Hall–Kier alpha value is -1.39. The molecule has 1 saturated heterocycles. The molecule has 2 aliphatic heterocycles. The predicted octanol–water partition coefficient (Wildman–Crippen LogP) is 2.25. The summed E-state index contributed by atoms with van der Waals surface area (Å²) in [5, 5.41) is 12.3. The van der Waals surface area contributed by atoms with E-state index in [9.17, 15) is 0 Å². The molecule has 20 heavy (non-hydrogen) atoms. The third kappa shape index (κ3) is 2.13. The van der Waals surface area contributed by atoms with Crippen molar-refractivity contribution in [1.82, 2.24) is 20.1 Å². The number of rotatable bonds is 1. The van der Waals surface area contributed by atoms with Crippen molar-refractivity contribution in [3.8, 4) is 5.69 Å². The number of piperidine rings is 1. The summed E-state index contributed by atoms with van der Waals surface area (Å²) in [5.74, 6) is 2.85. The first-order valence-corrected chi connectivity index (χ1v) is 7.16. The molecule has 1 fully saturated rings. The Balaban J connectivity index is 0.00000121. The molecule has 0 atom stereocenters. The summed E-state index contributed by atoms with van der Waals surface area (Å²) in [6, 6.07) is 8.66. The normalized spacial score (nSPS) is 18.0. The molecule has 0 unspecified atom stereocenters. The van der Waals surface area contributed by atoms with Crippen molar-refractivity contribution in [2.45, 2.75) is 31.6 Å². The van der Waals surface area contributed by atoms with Gasteiger partial charge in [-0.25, -0.2) is 0 Å². The van der Waals surface area contributed by atoms with Crippen molar-refractivity contribution in [3.63, 3.8) is 0 Å². The molecule has 3 heterocycles. The molecular weight excluding hydrogens is 272 g/mol. The highest BCUT2D eigenvalue weighted by Gasteiger charge is 2.26. The number of nitrogens with zero attached hydrogens (tertiary/aromatic N) is 3. The average Bonchev–Trinajstić information content (AvgIpc) is 2.92. The van der Waals surface area contributed by atoms with E-state index in [-0.39, 0.29) is 12.4 Å². The monoisotopic (exact) mass is 290 g/mol. The van der Waals surface area contributed by atoms with E-state index in [0.717, 1.165) is 31.8 Å². The lowest BCUT2D eigenvalue weighted by atomic mass is 9.96. The molecule has 2 aromatic rings. The van der Waals surface area contributed by atoms with Crippen LogP contribution in [0.4, 0.5) is 0 Å². The molecule has 4 rings (SSSR count). The number of halogens is 1. The zero-order valence-electron chi connectivity index (χ0n) is 11.4. The second kappa shape index (κ2) is 5.54. The highest BCUT2D eigenvalue weighted by atomic mass is 35.5. The number of hydrogen-bond acceptors (Lipinski definition) is 3. The van der Waals surface area contributed by atoms with E-state index in [1.165, 1.54) is 29.9 Å². The molecule has 1 aromatic heterocycles. The maximum atomic E-state index is 4.51. The summed E-state index contributed by atoms with van der Waals surface area (Å²) in [5.41, 5.74) is 2.72. The van der Waals surface area contributed by atoms with Gasteiger partial charge in [0.2, 0.25) is 0 Å². The maximum Gasteiger partial charge on any atom is 0.140 e. The van der Waals surface area contributed by atoms with Crippen LogP contribution in [-0.2, 0) is 12.8 Å². The molecule has 0 amide bonds. The van der Waals surface area contributed by atoms with Gasteiger partial charge in [-0.2, -0.15) is 0 Å². The number of para-hydroxylation sites is 1. The Labute approximate surface area is 125 Å². The van der Waals surface area contributed by atoms with Gasteiger partial charge in [-0.05, 0) is 44.0 Å². The number of fused-ring (bicyclic) bond motifs is 3. The van der Waals surface area contributed by atoms with Gasteiger partial charge in [-0.1, -0.05) is 18.2 Å². The Morgan fingerprint density at radius 2 is 1.85 bits per heavy atom. The summed E-state index contributed by atoms with van der Waals surface area (Å²) in [7, 11) is 0. The zero-order valence-corrected chi connectivity index (χ0v) is 12.2. The number of nitrogens with one attached hydrogen (secondary N) is 1. The summed E-state index contributed by atoms with van der Waals surface area (Å²) < 4.78 is 2.31. The summed E-state index contributed by atoms with van der Waals surface area (Å²) in [4.78, 5) is 0. The van der Waals surface area contributed by atoms with Crippen LogP contribution in [0.2, 0.25) is 0 Å². The number of aromatic nitrogens is 3. The van der Waals surface area contributed by atoms with Crippen molar-refractivity contribution in [2.75, 3.05) is 13.1 Å². The Morgan fingerprint density at radius 3 is 2.70 bits per heavy atom. The van der Waals surface area contributed by atoms with E-state index in [2.05, 4.69) is 44.3 Å². The minimum atomic E-state index is 0. The first-order valence-electron chi connectivity index (χ1n) is 7.16. The van der Waals surface area contributed by atoms with Crippen molar-refractivity contribution < 1.29 is 0 Å². The van der Waals surface area contributed by atoms with Crippen LogP contribution in [0.15, 0.2) is 24.3 Å². The zero-order chi connectivity index (χ0) is 12.7. The molecule has 0 saturated carbocycles. The molecule has 1 N–H and O–H groups in total. The average molecular weight is 291 g/mol. The first kappa shape index (κ1) is 13.6. The molecule has 0 radical (unpaired) electrons. The van der Waals surface area contributed by atoms with E-state index in [4.69, 9.17) is 0 Å². The molecular formula is C15H19ClN4.